The number of alkyl halides is 3. The zero-order chi connectivity index (χ0) is 55.5. The van der Waals surface area contributed by atoms with Crippen LogP contribution in [0, 0.1) is 5.92 Å². The molecule has 0 saturated heterocycles. The summed E-state index contributed by atoms with van der Waals surface area (Å²) in [4.78, 5) is 57.2. The third-order valence-corrected chi connectivity index (χ3v) is 17.4. The van der Waals surface area contributed by atoms with Gasteiger partial charge in [0.2, 0.25) is 0 Å². The van der Waals surface area contributed by atoms with Crippen molar-refractivity contribution in [3.05, 3.63) is 178 Å². The molecule has 2 atom stereocenters. The van der Waals surface area contributed by atoms with Crippen molar-refractivity contribution in [1.29, 1.82) is 0 Å². The lowest BCUT2D eigenvalue weighted by Gasteiger charge is -2.38. The number of aryl methyl sites for hydroxylation is 2. The van der Waals surface area contributed by atoms with E-state index >= 15 is 13.2 Å². The molecule has 11 heteroatoms. The number of aromatic nitrogens is 2. The van der Waals surface area contributed by atoms with Crippen LogP contribution in [-0.4, -0.2) is 28.5 Å². The van der Waals surface area contributed by atoms with Crippen LogP contribution < -0.4 is 31.7 Å². The minimum atomic E-state index is -4.87. The van der Waals surface area contributed by atoms with Gasteiger partial charge in [-0.1, -0.05) is 172 Å². The number of nitrogens with zero attached hydrogens (tertiary/aromatic N) is 2. The molecule has 0 N–H and O–H groups in total. The van der Waals surface area contributed by atoms with Crippen LogP contribution >= 0.6 is 0 Å². The summed E-state index contributed by atoms with van der Waals surface area (Å²) in [5.74, 6) is 0.674. The molecule has 0 amide bonds. The number of unbranched alkanes of at least 4 members (excludes halogenated alkanes) is 10. The predicted molar refractivity (Wildman–Crippen MR) is 309 cm³/mol. The summed E-state index contributed by atoms with van der Waals surface area (Å²) < 4.78 is 63.7. The van der Waals surface area contributed by atoms with E-state index in [2.05, 4.69) is 57.2 Å². The Morgan fingerprint density at radius 2 is 0.896 bits per heavy atom. The van der Waals surface area contributed by atoms with Crippen molar-refractivity contribution in [3.8, 4) is 17.2 Å². The molecule has 2 heterocycles. The summed E-state index contributed by atoms with van der Waals surface area (Å²) in [7, 11) is 0. The fourth-order valence-corrected chi connectivity index (χ4v) is 11.1. The molecule has 0 aliphatic heterocycles. The molecule has 0 aliphatic rings. The average molecular weight is 1060 g/mol. The Labute approximate surface area is 453 Å². The van der Waals surface area contributed by atoms with Gasteiger partial charge in [-0.25, -0.2) is 4.57 Å². The van der Waals surface area contributed by atoms with Crippen LogP contribution in [0.25, 0.3) is 27.2 Å². The highest BCUT2D eigenvalue weighted by molar-refractivity contribution is 5.98. The van der Waals surface area contributed by atoms with Gasteiger partial charge in [-0.05, 0) is 136 Å². The molecule has 0 bridgehead atoms. The van der Waals surface area contributed by atoms with Crippen molar-refractivity contribution in [2.45, 2.75) is 187 Å². The molecule has 2 aromatic heterocycles. The third-order valence-electron chi connectivity index (χ3n) is 17.4. The van der Waals surface area contributed by atoms with Crippen molar-refractivity contribution in [3.63, 3.8) is 0 Å². The lowest BCUT2D eigenvalue weighted by molar-refractivity contribution is -0.173. The molecular formula is C66H81F3N2O6. The van der Waals surface area contributed by atoms with Gasteiger partial charge >= 0.3 is 6.18 Å². The van der Waals surface area contributed by atoms with Gasteiger partial charge in [-0.3, -0.25) is 23.7 Å². The van der Waals surface area contributed by atoms with Gasteiger partial charge < -0.3 is 9.47 Å². The largest absolute Gasteiger partial charge is 0.493 e. The van der Waals surface area contributed by atoms with E-state index in [1.807, 2.05) is 52.0 Å². The summed E-state index contributed by atoms with van der Waals surface area (Å²) in [6.45, 7) is 15.6. The maximum Gasteiger partial charge on any atom is 0.402 e. The quantitative estimate of drug-likeness (QED) is 0.0434. The minimum Gasteiger partial charge on any atom is -0.493 e. The van der Waals surface area contributed by atoms with E-state index in [0.29, 0.717) is 43.6 Å². The Hall–Kier alpha value is -6.23. The maximum atomic E-state index is 16.3. The highest BCUT2D eigenvalue weighted by atomic mass is 19.4. The van der Waals surface area contributed by atoms with Crippen molar-refractivity contribution in [2.24, 2.45) is 5.92 Å². The van der Waals surface area contributed by atoms with Crippen LogP contribution in [0.15, 0.2) is 128 Å². The van der Waals surface area contributed by atoms with E-state index in [0.717, 1.165) is 95.0 Å². The Kier molecular flexibility index (Phi) is 19.4. The van der Waals surface area contributed by atoms with Gasteiger partial charge in [0.05, 0.1) is 40.4 Å². The number of ether oxygens (including phenoxy) is 2. The first-order valence-corrected chi connectivity index (χ1v) is 28.5. The van der Waals surface area contributed by atoms with Crippen LogP contribution in [-0.2, 0) is 29.2 Å². The molecule has 8 nitrogen and oxygen atoms in total. The number of hydrogen-bond acceptors (Lipinski definition) is 6. The standard InChI is InChI=1S/C66H81F3N2O6/c1-9-63(6,10-2)71-61(74)53-44-51-52(45-54(53)62(71)75)60(73)70(59(51)72)56-43-50(37-39-58(56)77-41-29-19-15-13-17-23-31-48-34-26-21-27-35-48)65(8,66(67,68)69)49-36-38-57(55(42-49)64(7,11-3)46(4)5)76-40-28-18-14-12-16-22-30-47-32-24-20-25-33-47/h20-21,24-27,32-39,42-46H,9-19,22-23,28-31,40-41H2,1-8H3. The molecule has 0 aliphatic carbocycles. The highest BCUT2D eigenvalue weighted by Crippen LogP contribution is 2.50. The number of fused-ring (bicyclic) bond motifs is 2. The van der Waals surface area contributed by atoms with Gasteiger partial charge in [0.25, 0.3) is 22.2 Å². The molecule has 77 heavy (non-hydrogen) atoms. The minimum absolute atomic E-state index is 0.00803. The molecule has 7 aromatic rings. The molecule has 0 saturated carbocycles. The summed E-state index contributed by atoms with van der Waals surface area (Å²) in [6, 6.07) is 32.3. The SMILES string of the molecule is CCC(C)(c1cc(C(C)(c2ccc(OCCCCCCCCc3ccccc3)c(-n3c(=O)c4cc5c(=O)n(C(C)(CC)CC)c(=O)c5cc4c3=O)c2)C(F)(F)F)ccc1OCCCCCCCCc1ccccc1)C(C)C. The summed E-state index contributed by atoms with van der Waals surface area (Å²) in [6.07, 6.45) is 10.8. The Morgan fingerprint density at radius 1 is 0.481 bits per heavy atom. The molecule has 2 unspecified atom stereocenters. The summed E-state index contributed by atoms with van der Waals surface area (Å²) >= 11 is 0. The van der Waals surface area contributed by atoms with Crippen LogP contribution in [0.2, 0.25) is 0 Å². The fourth-order valence-electron chi connectivity index (χ4n) is 11.1. The molecule has 0 spiro atoms. The van der Waals surface area contributed by atoms with E-state index in [-0.39, 0.29) is 56.6 Å². The molecular weight excluding hydrogens is 974 g/mol. The van der Waals surface area contributed by atoms with Gasteiger partial charge in [-0.2, -0.15) is 13.2 Å². The van der Waals surface area contributed by atoms with Gasteiger partial charge in [0.1, 0.15) is 16.9 Å². The van der Waals surface area contributed by atoms with E-state index < -0.39 is 44.8 Å². The normalized spacial score (nSPS) is 13.9. The molecule has 7 rings (SSSR count). The van der Waals surface area contributed by atoms with E-state index in [1.54, 1.807) is 12.1 Å². The monoisotopic (exact) mass is 1050 g/mol. The molecule has 0 radical (unpaired) electrons. The van der Waals surface area contributed by atoms with E-state index in [1.165, 1.54) is 52.1 Å². The van der Waals surface area contributed by atoms with Crippen LogP contribution in [0.1, 0.15) is 180 Å². The van der Waals surface area contributed by atoms with E-state index in [4.69, 9.17) is 9.47 Å². The van der Waals surface area contributed by atoms with Gasteiger partial charge in [-0.15, -0.1) is 0 Å². The number of rotatable bonds is 29. The van der Waals surface area contributed by atoms with Crippen molar-refractivity contribution >= 4 is 21.5 Å². The predicted octanol–water partition coefficient (Wildman–Crippen LogP) is 15.6. The lowest BCUT2D eigenvalue weighted by atomic mass is 9.68. The second kappa shape index (κ2) is 25.5. The zero-order valence-corrected chi connectivity index (χ0v) is 46.9. The highest BCUT2D eigenvalue weighted by Gasteiger charge is 2.54. The number of hydrogen-bond donors (Lipinski definition) is 0. The average Bonchev–Trinajstić information content (AvgIpc) is 4.05. The van der Waals surface area contributed by atoms with Gasteiger partial charge in [0, 0.05) is 11.1 Å². The third kappa shape index (κ3) is 12.6. The molecule has 0 fully saturated rings. The molecule has 5 aromatic carbocycles. The topological polar surface area (TPSA) is 96.6 Å². The maximum absolute atomic E-state index is 16.3. The van der Waals surface area contributed by atoms with Crippen LogP contribution in [0.4, 0.5) is 13.2 Å². The zero-order valence-electron chi connectivity index (χ0n) is 46.9. The lowest BCUT2D eigenvalue weighted by Crippen LogP contribution is -2.42. The molecule has 412 valence electrons. The fraction of sp³-hybridized carbons (Fsp3) is 0.485. The van der Waals surface area contributed by atoms with Crippen molar-refractivity contribution in [1.82, 2.24) is 9.13 Å². The summed E-state index contributed by atoms with van der Waals surface area (Å²) in [5, 5.41) is -0.206. The first-order chi connectivity index (χ1) is 36.8. The Bertz CT molecular complexity index is 3200. The van der Waals surface area contributed by atoms with Gasteiger partial charge in [0.15, 0.2) is 0 Å². The van der Waals surface area contributed by atoms with Crippen LogP contribution in [0.3, 0.4) is 0 Å². The first-order valence-electron chi connectivity index (χ1n) is 28.5. The van der Waals surface area contributed by atoms with Crippen molar-refractivity contribution < 1.29 is 22.6 Å². The first kappa shape index (κ1) is 58.5. The number of benzene rings is 5. The summed E-state index contributed by atoms with van der Waals surface area (Å²) in [5.41, 5.74) is -3.76. The Balaban J connectivity index is 1.21. The second-order valence-electron chi connectivity index (χ2n) is 22.4. The second-order valence-corrected chi connectivity index (χ2v) is 22.4. The smallest absolute Gasteiger partial charge is 0.402 e. The number of halogens is 3. The van der Waals surface area contributed by atoms with Crippen molar-refractivity contribution in [2.75, 3.05) is 13.2 Å². The van der Waals surface area contributed by atoms with Crippen LogP contribution in [0.5, 0.6) is 11.5 Å². The Morgan fingerprint density at radius 3 is 1.34 bits per heavy atom. The van der Waals surface area contributed by atoms with E-state index in [9.17, 15) is 19.2 Å².